The third-order valence-corrected chi connectivity index (χ3v) is 3.51. The highest BCUT2D eigenvalue weighted by Crippen LogP contribution is 2.25. The molecule has 1 rings (SSSR count). The first-order valence-corrected chi connectivity index (χ1v) is 6.86. The van der Waals surface area contributed by atoms with Gasteiger partial charge >= 0.3 is 0 Å². The molecule has 1 atom stereocenters. The van der Waals surface area contributed by atoms with E-state index in [2.05, 4.69) is 11.9 Å². The Morgan fingerprint density at radius 3 is 2.61 bits per heavy atom. The molecular weight excluding hydrogens is 228 g/mol. The summed E-state index contributed by atoms with van der Waals surface area (Å²) in [6.07, 6.45) is 8.03. The Labute approximate surface area is 110 Å². The van der Waals surface area contributed by atoms with Crippen molar-refractivity contribution in [1.29, 1.82) is 0 Å². The number of carbonyl (C=O) groups excluding carboxylic acids is 1. The van der Waals surface area contributed by atoms with Crippen molar-refractivity contribution in [3.8, 4) is 0 Å². The molecule has 0 radical (unpaired) electrons. The Hall–Kier alpha value is -0.870. The van der Waals surface area contributed by atoms with E-state index < -0.39 is 6.10 Å². The summed E-state index contributed by atoms with van der Waals surface area (Å²) in [7, 11) is 0. The van der Waals surface area contributed by atoms with Gasteiger partial charge in [0, 0.05) is 12.1 Å². The minimum absolute atomic E-state index is 0.105. The summed E-state index contributed by atoms with van der Waals surface area (Å²) >= 11 is 0. The first-order valence-electron chi connectivity index (χ1n) is 6.86. The fourth-order valence-electron chi connectivity index (χ4n) is 2.26. The van der Waals surface area contributed by atoms with Crippen LogP contribution >= 0.6 is 0 Å². The smallest absolute Gasteiger partial charge is 0.249 e. The lowest BCUT2D eigenvalue weighted by Gasteiger charge is -2.29. The standard InChI is InChI=1S/C14H26N2O2/c1-3-10-16-13(17)12(2)18-11-14(15)8-6-4-5-7-9-14/h3,12H,1,4-11,15H2,2H3,(H,16,17). The lowest BCUT2D eigenvalue weighted by molar-refractivity contribution is -0.132. The van der Waals surface area contributed by atoms with Gasteiger partial charge in [-0.05, 0) is 19.8 Å². The molecule has 0 aliphatic heterocycles. The Bertz CT molecular complexity index is 271. The van der Waals surface area contributed by atoms with Gasteiger partial charge in [-0.2, -0.15) is 0 Å². The van der Waals surface area contributed by atoms with Crippen LogP contribution in [0.4, 0.5) is 0 Å². The van der Waals surface area contributed by atoms with Crippen molar-refractivity contribution in [1.82, 2.24) is 5.32 Å². The Morgan fingerprint density at radius 1 is 1.44 bits per heavy atom. The van der Waals surface area contributed by atoms with Crippen molar-refractivity contribution in [3.63, 3.8) is 0 Å². The molecule has 18 heavy (non-hydrogen) atoms. The maximum Gasteiger partial charge on any atom is 0.249 e. The van der Waals surface area contributed by atoms with Crippen LogP contribution in [0.15, 0.2) is 12.7 Å². The molecule has 0 heterocycles. The van der Waals surface area contributed by atoms with E-state index in [0.717, 1.165) is 25.7 Å². The number of nitrogens with two attached hydrogens (primary N) is 1. The second kappa shape index (κ2) is 7.54. The van der Waals surface area contributed by atoms with Crippen molar-refractivity contribution in [2.45, 2.75) is 57.1 Å². The molecule has 0 bridgehead atoms. The zero-order chi connectivity index (χ0) is 13.4. The van der Waals surface area contributed by atoms with Crippen molar-refractivity contribution in [2.24, 2.45) is 5.73 Å². The number of nitrogens with one attached hydrogen (secondary N) is 1. The van der Waals surface area contributed by atoms with Gasteiger partial charge in [-0.3, -0.25) is 4.79 Å². The molecule has 3 N–H and O–H groups in total. The fourth-order valence-corrected chi connectivity index (χ4v) is 2.26. The lowest BCUT2D eigenvalue weighted by atomic mass is 9.92. The molecule has 1 amide bonds. The van der Waals surface area contributed by atoms with E-state index in [1.807, 2.05) is 0 Å². The summed E-state index contributed by atoms with van der Waals surface area (Å²) in [6.45, 7) is 6.26. The van der Waals surface area contributed by atoms with Crippen LogP contribution < -0.4 is 11.1 Å². The Kier molecular flexibility index (Phi) is 6.36. The Balaban J connectivity index is 2.33. The predicted octanol–water partition coefficient (Wildman–Crippen LogP) is 1.75. The molecule has 4 nitrogen and oxygen atoms in total. The normalized spacial score (nSPS) is 20.8. The summed E-state index contributed by atoms with van der Waals surface area (Å²) < 4.78 is 5.63. The molecule has 104 valence electrons. The molecule has 0 aromatic carbocycles. The maximum atomic E-state index is 11.6. The van der Waals surface area contributed by atoms with Gasteiger partial charge in [-0.15, -0.1) is 6.58 Å². The van der Waals surface area contributed by atoms with Crippen LogP contribution in [0.3, 0.4) is 0 Å². The number of carbonyl (C=O) groups is 1. The van der Waals surface area contributed by atoms with E-state index in [0.29, 0.717) is 13.2 Å². The third-order valence-electron chi connectivity index (χ3n) is 3.51. The Morgan fingerprint density at radius 2 is 2.06 bits per heavy atom. The SMILES string of the molecule is C=CCNC(=O)C(C)OCC1(N)CCCCCC1. The predicted molar refractivity (Wildman–Crippen MR) is 73.2 cm³/mol. The second-order valence-electron chi connectivity index (χ2n) is 5.26. The molecule has 0 saturated heterocycles. The van der Waals surface area contributed by atoms with E-state index in [1.165, 1.54) is 12.8 Å². The third kappa shape index (κ3) is 5.19. The van der Waals surface area contributed by atoms with E-state index in [9.17, 15) is 4.79 Å². The van der Waals surface area contributed by atoms with Crippen LogP contribution in [0, 0.1) is 0 Å². The zero-order valence-corrected chi connectivity index (χ0v) is 11.4. The minimum atomic E-state index is -0.450. The number of hydrogen-bond donors (Lipinski definition) is 2. The van der Waals surface area contributed by atoms with E-state index in [-0.39, 0.29) is 11.4 Å². The van der Waals surface area contributed by atoms with Gasteiger partial charge in [0.05, 0.1) is 6.61 Å². The van der Waals surface area contributed by atoms with Gasteiger partial charge in [-0.25, -0.2) is 0 Å². The average Bonchev–Trinajstić information content (AvgIpc) is 2.58. The highest BCUT2D eigenvalue weighted by molar-refractivity contribution is 5.80. The van der Waals surface area contributed by atoms with Crippen LogP contribution in [0.1, 0.15) is 45.4 Å². The van der Waals surface area contributed by atoms with E-state index in [4.69, 9.17) is 10.5 Å². The number of hydrogen-bond acceptors (Lipinski definition) is 3. The quantitative estimate of drug-likeness (QED) is 0.560. The van der Waals surface area contributed by atoms with Gasteiger partial charge in [0.25, 0.3) is 0 Å². The molecule has 1 aliphatic rings. The molecule has 1 unspecified atom stereocenters. The molecule has 0 aromatic heterocycles. The second-order valence-corrected chi connectivity index (χ2v) is 5.26. The summed E-state index contributed by atoms with van der Waals surface area (Å²) in [6, 6.07) is 0. The number of ether oxygens (including phenoxy) is 1. The average molecular weight is 254 g/mol. The van der Waals surface area contributed by atoms with Crippen LogP contribution in [-0.4, -0.2) is 30.7 Å². The monoisotopic (exact) mass is 254 g/mol. The molecule has 1 aliphatic carbocycles. The molecule has 0 aromatic rings. The molecule has 0 spiro atoms. The van der Waals surface area contributed by atoms with Crippen molar-refractivity contribution in [3.05, 3.63) is 12.7 Å². The first kappa shape index (κ1) is 15.2. The highest BCUT2D eigenvalue weighted by Gasteiger charge is 2.28. The van der Waals surface area contributed by atoms with Crippen LogP contribution in [0.5, 0.6) is 0 Å². The summed E-state index contributed by atoms with van der Waals surface area (Å²) in [5, 5.41) is 2.72. The van der Waals surface area contributed by atoms with Crippen LogP contribution in [-0.2, 0) is 9.53 Å². The van der Waals surface area contributed by atoms with Crippen LogP contribution in [0.2, 0.25) is 0 Å². The topological polar surface area (TPSA) is 64.3 Å². The summed E-state index contributed by atoms with van der Waals surface area (Å²) in [5.74, 6) is -0.105. The van der Waals surface area contributed by atoms with Gasteiger partial charge in [0.15, 0.2) is 0 Å². The summed E-state index contributed by atoms with van der Waals surface area (Å²) in [5.41, 5.74) is 6.09. The molecular formula is C14H26N2O2. The van der Waals surface area contributed by atoms with Gasteiger partial charge in [0.1, 0.15) is 6.10 Å². The van der Waals surface area contributed by atoms with Crippen molar-refractivity contribution in [2.75, 3.05) is 13.2 Å². The largest absolute Gasteiger partial charge is 0.367 e. The van der Waals surface area contributed by atoms with Crippen molar-refractivity contribution < 1.29 is 9.53 Å². The number of amides is 1. The lowest BCUT2D eigenvalue weighted by Crippen LogP contribution is -2.46. The highest BCUT2D eigenvalue weighted by atomic mass is 16.5. The van der Waals surface area contributed by atoms with Crippen LogP contribution in [0.25, 0.3) is 0 Å². The van der Waals surface area contributed by atoms with Gasteiger partial charge in [0.2, 0.25) is 5.91 Å². The summed E-state index contributed by atoms with van der Waals surface area (Å²) in [4.78, 5) is 11.6. The zero-order valence-electron chi connectivity index (χ0n) is 11.4. The van der Waals surface area contributed by atoms with Crippen molar-refractivity contribution >= 4 is 5.91 Å². The maximum absolute atomic E-state index is 11.6. The minimum Gasteiger partial charge on any atom is -0.367 e. The molecule has 4 heteroatoms. The first-order chi connectivity index (χ1) is 8.57. The van der Waals surface area contributed by atoms with E-state index in [1.54, 1.807) is 13.0 Å². The fraction of sp³-hybridized carbons (Fsp3) is 0.786. The number of rotatable bonds is 6. The van der Waals surface area contributed by atoms with E-state index >= 15 is 0 Å². The molecule has 1 saturated carbocycles. The molecule has 1 fully saturated rings. The van der Waals surface area contributed by atoms with Gasteiger partial charge < -0.3 is 15.8 Å². The van der Waals surface area contributed by atoms with Gasteiger partial charge in [-0.1, -0.05) is 31.8 Å².